The molecule has 2 aliphatic rings. The fraction of sp³-hybridized carbons (Fsp3) is 0.400. The van der Waals surface area contributed by atoms with Crippen LogP contribution in [0.1, 0.15) is 25.7 Å². The molecule has 0 bridgehead atoms. The predicted octanol–water partition coefficient (Wildman–Crippen LogP) is 3.77. The van der Waals surface area contributed by atoms with Gasteiger partial charge in [0.05, 0.1) is 5.69 Å². The number of nitrogens with zero attached hydrogens (tertiary/aromatic N) is 2. The van der Waals surface area contributed by atoms with Gasteiger partial charge >= 0.3 is 6.36 Å². The van der Waals surface area contributed by atoms with Crippen molar-refractivity contribution >= 4 is 11.5 Å². The van der Waals surface area contributed by atoms with Gasteiger partial charge in [0, 0.05) is 0 Å². The first-order valence-corrected chi connectivity index (χ1v) is 7.15. The van der Waals surface area contributed by atoms with Gasteiger partial charge in [-0.15, -0.1) is 13.2 Å². The second-order valence-corrected chi connectivity index (χ2v) is 5.20. The molecule has 1 aliphatic carbocycles. The molecule has 22 heavy (non-hydrogen) atoms. The lowest BCUT2D eigenvalue weighted by atomic mass is 9.99. The number of hydrazine groups is 1. The van der Waals surface area contributed by atoms with Gasteiger partial charge in [-0.2, -0.15) is 0 Å². The molecular weight excluding hydrogens is 295 g/mol. The fourth-order valence-electron chi connectivity index (χ4n) is 2.54. The Hall–Kier alpha value is -2.18. The zero-order chi connectivity index (χ0) is 15.6. The highest BCUT2D eigenvalue weighted by Gasteiger charge is 2.31. The van der Waals surface area contributed by atoms with Crippen LogP contribution in [0.4, 0.5) is 18.9 Å². The summed E-state index contributed by atoms with van der Waals surface area (Å²) in [7, 11) is 0. The van der Waals surface area contributed by atoms with E-state index >= 15 is 0 Å². The lowest BCUT2D eigenvalue weighted by Crippen LogP contribution is -2.36. The molecule has 0 aromatic heterocycles. The summed E-state index contributed by atoms with van der Waals surface area (Å²) in [5.41, 5.74) is 5.15. The quantitative estimate of drug-likeness (QED) is 0.923. The zero-order valence-electron chi connectivity index (χ0n) is 11.9. The van der Waals surface area contributed by atoms with Gasteiger partial charge < -0.3 is 4.74 Å². The van der Waals surface area contributed by atoms with Crippen molar-refractivity contribution in [3.05, 3.63) is 35.9 Å². The monoisotopic (exact) mass is 311 g/mol. The molecule has 0 spiro atoms. The minimum atomic E-state index is -4.67. The summed E-state index contributed by atoms with van der Waals surface area (Å²) in [5, 5.41) is 1.79. The Labute approximate surface area is 126 Å². The number of anilines is 1. The van der Waals surface area contributed by atoms with Crippen molar-refractivity contribution in [1.82, 2.24) is 5.43 Å². The first-order chi connectivity index (χ1) is 10.5. The van der Waals surface area contributed by atoms with Crippen molar-refractivity contribution in [2.75, 3.05) is 11.7 Å². The second kappa shape index (κ2) is 5.90. The number of amidine groups is 1. The molecule has 3 rings (SSSR count). The molecule has 1 N–H and O–H groups in total. The van der Waals surface area contributed by atoms with E-state index in [1.807, 2.05) is 0 Å². The minimum absolute atomic E-state index is 0.230. The van der Waals surface area contributed by atoms with Gasteiger partial charge in [-0.25, -0.2) is 4.99 Å². The topological polar surface area (TPSA) is 36.9 Å². The Kier molecular flexibility index (Phi) is 3.96. The van der Waals surface area contributed by atoms with E-state index < -0.39 is 6.36 Å². The first kappa shape index (κ1) is 14.7. The number of hydrogen-bond acceptors (Lipinski definition) is 4. The molecule has 7 heteroatoms. The number of nitrogens with one attached hydrogen (secondary N) is 1. The van der Waals surface area contributed by atoms with Crippen LogP contribution in [0.2, 0.25) is 0 Å². The number of benzene rings is 1. The molecule has 0 saturated heterocycles. The van der Waals surface area contributed by atoms with Crippen molar-refractivity contribution in [3.63, 3.8) is 0 Å². The Balaban J connectivity index is 1.63. The van der Waals surface area contributed by atoms with Gasteiger partial charge in [-0.3, -0.25) is 10.4 Å². The third-order valence-corrected chi connectivity index (χ3v) is 3.59. The fourth-order valence-corrected chi connectivity index (χ4v) is 2.54. The van der Waals surface area contributed by atoms with Crippen LogP contribution in [0.25, 0.3) is 0 Å². The Morgan fingerprint density at radius 3 is 2.55 bits per heavy atom. The summed E-state index contributed by atoms with van der Waals surface area (Å²) >= 11 is 0. The summed E-state index contributed by atoms with van der Waals surface area (Å²) in [6.45, 7) is 0.437. The Morgan fingerprint density at radius 2 is 1.91 bits per heavy atom. The molecule has 0 unspecified atom stereocenters. The molecule has 1 heterocycles. The van der Waals surface area contributed by atoms with Crippen LogP contribution >= 0.6 is 0 Å². The summed E-state index contributed by atoms with van der Waals surface area (Å²) < 4.78 is 40.3. The second-order valence-electron chi connectivity index (χ2n) is 5.20. The van der Waals surface area contributed by atoms with E-state index in [2.05, 4.69) is 21.2 Å². The van der Waals surface area contributed by atoms with Gasteiger partial charge in [0.2, 0.25) is 0 Å². The number of hydrogen-bond donors (Lipinski definition) is 1. The first-order valence-electron chi connectivity index (χ1n) is 7.15. The van der Waals surface area contributed by atoms with Crippen LogP contribution in [0.15, 0.2) is 40.9 Å². The highest BCUT2D eigenvalue weighted by Crippen LogP contribution is 2.26. The lowest BCUT2D eigenvalue weighted by Gasteiger charge is -2.20. The molecule has 0 atom stereocenters. The summed E-state index contributed by atoms with van der Waals surface area (Å²) in [4.78, 5) is 4.45. The van der Waals surface area contributed by atoms with E-state index in [4.69, 9.17) is 0 Å². The van der Waals surface area contributed by atoms with Gasteiger partial charge in [0.25, 0.3) is 0 Å². The van der Waals surface area contributed by atoms with Crippen LogP contribution in [-0.2, 0) is 0 Å². The minimum Gasteiger partial charge on any atom is -0.406 e. The van der Waals surface area contributed by atoms with E-state index in [-0.39, 0.29) is 5.75 Å². The third-order valence-electron chi connectivity index (χ3n) is 3.59. The van der Waals surface area contributed by atoms with E-state index in [0.29, 0.717) is 6.67 Å². The predicted molar refractivity (Wildman–Crippen MR) is 77.6 cm³/mol. The molecule has 118 valence electrons. The third kappa shape index (κ3) is 3.52. The average molecular weight is 311 g/mol. The normalized spacial score (nSPS) is 18.6. The maximum Gasteiger partial charge on any atom is 0.573 e. The van der Waals surface area contributed by atoms with Crippen LogP contribution in [0.3, 0.4) is 0 Å². The maximum absolute atomic E-state index is 12.1. The average Bonchev–Trinajstić information content (AvgIpc) is 2.97. The van der Waals surface area contributed by atoms with Crippen molar-refractivity contribution < 1.29 is 17.9 Å². The van der Waals surface area contributed by atoms with E-state index in [9.17, 15) is 13.2 Å². The van der Waals surface area contributed by atoms with E-state index in [1.54, 1.807) is 17.1 Å². The molecule has 0 radical (unpaired) electrons. The molecule has 0 amide bonds. The van der Waals surface area contributed by atoms with Crippen molar-refractivity contribution in [3.8, 4) is 5.75 Å². The van der Waals surface area contributed by atoms with E-state index in [1.165, 1.54) is 24.1 Å². The highest BCUT2D eigenvalue weighted by atomic mass is 19.4. The number of alkyl halides is 3. The Morgan fingerprint density at radius 1 is 1.14 bits per heavy atom. The zero-order valence-corrected chi connectivity index (χ0v) is 11.9. The molecule has 4 nitrogen and oxygen atoms in total. The smallest absolute Gasteiger partial charge is 0.406 e. The lowest BCUT2D eigenvalue weighted by molar-refractivity contribution is -0.274. The van der Waals surface area contributed by atoms with Crippen LogP contribution in [0.5, 0.6) is 5.75 Å². The number of halogens is 3. The molecule has 1 aromatic carbocycles. The van der Waals surface area contributed by atoms with Gasteiger partial charge in [-0.1, -0.05) is 6.08 Å². The van der Waals surface area contributed by atoms with Gasteiger partial charge in [0.1, 0.15) is 18.3 Å². The molecule has 1 aromatic rings. The summed E-state index contributed by atoms with van der Waals surface area (Å²) in [6.07, 6.45) is 1.98. The molecule has 0 fully saturated rings. The number of aliphatic imine (C=N–C) groups is 1. The van der Waals surface area contributed by atoms with Gasteiger partial charge in [0.15, 0.2) is 0 Å². The van der Waals surface area contributed by atoms with Crippen LogP contribution < -0.4 is 15.2 Å². The van der Waals surface area contributed by atoms with Crippen molar-refractivity contribution in [1.29, 1.82) is 0 Å². The summed E-state index contributed by atoms with van der Waals surface area (Å²) in [6, 6.07) is 5.73. The molecule has 1 aliphatic heterocycles. The van der Waals surface area contributed by atoms with Gasteiger partial charge in [-0.05, 0) is 55.5 Å². The number of allylic oxidation sites excluding steroid dienone is 1. The van der Waals surface area contributed by atoms with Crippen molar-refractivity contribution in [2.45, 2.75) is 32.0 Å². The SMILES string of the molecule is FC(F)(F)Oc1ccc(N2CN=C(C3=CCCCC3)N2)cc1. The largest absolute Gasteiger partial charge is 0.573 e. The van der Waals surface area contributed by atoms with Crippen LogP contribution in [0, 0.1) is 0 Å². The van der Waals surface area contributed by atoms with Crippen molar-refractivity contribution in [2.24, 2.45) is 4.99 Å². The standard InChI is InChI=1S/C15H16F3N3O/c16-15(17,18)22-13-8-6-12(7-9-13)21-10-19-14(20-21)11-4-2-1-3-5-11/h4,6-9H,1-3,5,10H2,(H,19,20). The molecular formula is C15H16F3N3O. The highest BCUT2D eigenvalue weighted by molar-refractivity contribution is 6.00. The van der Waals surface area contributed by atoms with E-state index in [0.717, 1.165) is 30.8 Å². The number of ether oxygens (including phenoxy) is 1. The maximum atomic E-state index is 12.1. The number of rotatable bonds is 3. The Bertz CT molecular complexity index is 593. The summed E-state index contributed by atoms with van der Waals surface area (Å²) in [5.74, 6) is 0.627. The van der Waals surface area contributed by atoms with Crippen LogP contribution in [-0.4, -0.2) is 18.9 Å². The molecule has 0 saturated carbocycles.